The first-order valence-corrected chi connectivity index (χ1v) is 6.05. The van der Waals surface area contributed by atoms with Gasteiger partial charge in [-0.3, -0.25) is 0 Å². The lowest BCUT2D eigenvalue weighted by Crippen LogP contribution is -2.11. The van der Waals surface area contributed by atoms with Crippen LogP contribution in [0.15, 0.2) is 18.2 Å². The summed E-state index contributed by atoms with van der Waals surface area (Å²) in [5, 5.41) is 12.2. The van der Waals surface area contributed by atoms with E-state index < -0.39 is 0 Å². The number of nitrogens with zero attached hydrogens (tertiary/aromatic N) is 1. The smallest absolute Gasteiger partial charge is 0.122 e. The first kappa shape index (κ1) is 13.4. The SMILES string of the molecule is CCc1cc(NCC(C#N)CC)ccc1OC. The minimum atomic E-state index is 0.0715. The molecule has 0 fully saturated rings. The van der Waals surface area contributed by atoms with Crippen molar-refractivity contribution < 1.29 is 4.74 Å². The topological polar surface area (TPSA) is 45.0 Å². The number of methoxy groups -OCH3 is 1. The zero-order valence-electron chi connectivity index (χ0n) is 10.8. The number of aryl methyl sites for hydroxylation is 1. The first-order chi connectivity index (χ1) is 8.24. The molecule has 1 N–H and O–H groups in total. The van der Waals surface area contributed by atoms with Crippen molar-refractivity contribution in [1.82, 2.24) is 0 Å². The molecule has 0 aliphatic heterocycles. The number of nitrogens with one attached hydrogen (secondary N) is 1. The molecule has 0 spiro atoms. The van der Waals surface area contributed by atoms with E-state index in [4.69, 9.17) is 10.00 Å². The summed E-state index contributed by atoms with van der Waals surface area (Å²) >= 11 is 0. The van der Waals surface area contributed by atoms with Gasteiger partial charge in [0.2, 0.25) is 0 Å². The second kappa shape index (κ2) is 6.80. The number of hydrogen-bond donors (Lipinski definition) is 1. The Morgan fingerprint density at radius 3 is 2.71 bits per heavy atom. The Morgan fingerprint density at radius 2 is 2.18 bits per heavy atom. The average Bonchev–Trinajstić information content (AvgIpc) is 2.39. The maximum Gasteiger partial charge on any atom is 0.122 e. The normalized spacial score (nSPS) is 11.6. The van der Waals surface area contributed by atoms with Gasteiger partial charge in [0.15, 0.2) is 0 Å². The molecule has 0 heterocycles. The van der Waals surface area contributed by atoms with Crippen LogP contribution in [0.3, 0.4) is 0 Å². The fourth-order valence-corrected chi connectivity index (χ4v) is 1.69. The van der Waals surface area contributed by atoms with Gasteiger partial charge in [0.1, 0.15) is 5.75 Å². The number of anilines is 1. The molecule has 1 rings (SSSR count). The van der Waals surface area contributed by atoms with Gasteiger partial charge < -0.3 is 10.1 Å². The monoisotopic (exact) mass is 232 g/mol. The molecule has 92 valence electrons. The summed E-state index contributed by atoms with van der Waals surface area (Å²) in [5.74, 6) is 0.993. The summed E-state index contributed by atoms with van der Waals surface area (Å²) in [6.07, 6.45) is 1.81. The molecular formula is C14H20N2O. The van der Waals surface area contributed by atoms with Crippen molar-refractivity contribution in [2.45, 2.75) is 26.7 Å². The van der Waals surface area contributed by atoms with Crippen LogP contribution in [0.1, 0.15) is 25.8 Å². The maximum atomic E-state index is 8.88. The van der Waals surface area contributed by atoms with Crippen molar-refractivity contribution in [3.05, 3.63) is 23.8 Å². The largest absolute Gasteiger partial charge is 0.496 e. The van der Waals surface area contributed by atoms with Crippen molar-refractivity contribution in [3.63, 3.8) is 0 Å². The minimum Gasteiger partial charge on any atom is -0.496 e. The lowest BCUT2D eigenvalue weighted by Gasteiger charge is -2.12. The summed E-state index contributed by atoms with van der Waals surface area (Å²) in [6, 6.07) is 8.33. The van der Waals surface area contributed by atoms with Crippen molar-refractivity contribution in [3.8, 4) is 11.8 Å². The van der Waals surface area contributed by atoms with E-state index in [1.807, 2.05) is 19.1 Å². The second-order valence-corrected chi connectivity index (χ2v) is 4.00. The van der Waals surface area contributed by atoms with Crippen LogP contribution in [0, 0.1) is 17.2 Å². The standard InChI is InChI=1S/C14H20N2O/c1-4-11(9-15)10-16-13-6-7-14(17-3)12(5-2)8-13/h6-8,11,16H,4-5,10H2,1-3H3. The number of rotatable bonds is 6. The number of hydrogen-bond acceptors (Lipinski definition) is 3. The Kier molecular flexibility index (Phi) is 5.35. The molecule has 1 aromatic rings. The van der Waals surface area contributed by atoms with Crippen LogP contribution in [0.25, 0.3) is 0 Å². The second-order valence-electron chi connectivity index (χ2n) is 4.00. The van der Waals surface area contributed by atoms with Gasteiger partial charge in [-0.05, 0) is 36.6 Å². The molecule has 0 aliphatic rings. The minimum absolute atomic E-state index is 0.0715. The van der Waals surface area contributed by atoms with Crippen molar-refractivity contribution in [2.24, 2.45) is 5.92 Å². The van der Waals surface area contributed by atoms with Gasteiger partial charge in [0.25, 0.3) is 0 Å². The van der Waals surface area contributed by atoms with Crippen LogP contribution in [0.4, 0.5) is 5.69 Å². The van der Waals surface area contributed by atoms with E-state index in [0.717, 1.165) is 24.3 Å². The van der Waals surface area contributed by atoms with Gasteiger partial charge in [-0.15, -0.1) is 0 Å². The molecule has 1 aromatic carbocycles. The predicted molar refractivity (Wildman–Crippen MR) is 70.3 cm³/mol. The highest BCUT2D eigenvalue weighted by Gasteiger charge is 2.05. The van der Waals surface area contributed by atoms with Gasteiger partial charge >= 0.3 is 0 Å². The highest BCUT2D eigenvalue weighted by atomic mass is 16.5. The molecule has 17 heavy (non-hydrogen) atoms. The number of nitriles is 1. The van der Waals surface area contributed by atoms with E-state index in [2.05, 4.69) is 24.4 Å². The molecule has 0 aliphatic carbocycles. The van der Waals surface area contributed by atoms with Gasteiger partial charge in [-0.2, -0.15) is 5.26 Å². The van der Waals surface area contributed by atoms with E-state index in [1.54, 1.807) is 7.11 Å². The Morgan fingerprint density at radius 1 is 1.41 bits per heavy atom. The quantitative estimate of drug-likeness (QED) is 0.819. The molecule has 0 amide bonds. The van der Waals surface area contributed by atoms with E-state index in [0.29, 0.717) is 6.54 Å². The zero-order valence-corrected chi connectivity index (χ0v) is 10.8. The predicted octanol–water partition coefficient (Wildman–Crippen LogP) is 3.22. The fourth-order valence-electron chi connectivity index (χ4n) is 1.69. The summed E-state index contributed by atoms with van der Waals surface area (Å²) in [5.41, 5.74) is 2.24. The summed E-state index contributed by atoms with van der Waals surface area (Å²) < 4.78 is 5.28. The highest BCUT2D eigenvalue weighted by Crippen LogP contribution is 2.23. The lowest BCUT2D eigenvalue weighted by atomic mass is 10.1. The van der Waals surface area contributed by atoms with Gasteiger partial charge in [0, 0.05) is 12.2 Å². The van der Waals surface area contributed by atoms with Gasteiger partial charge in [-0.25, -0.2) is 0 Å². The molecule has 0 radical (unpaired) electrons. The average molecular weight is 232 g/mol. The number of benzene rings is 1. The molecule has 1 unspecified atom stereocenters. The molecule has 0 bridgehead atoms. The third-order valence-corrected chi connectivity index (χ3v) is 2.89. The molecule has 3 heteroatoms. The summed E-state index contributed by atoms with van der Waals surface area (Å²) in [7, 11) is 1.68. The summed E-state index contributed by atoms with van der Waals surface area (Å²) in [4.78, 5) is 0. The molecule has 1 atom stereocenters. The van der Waals surface area contributed by atoms with Crippen LogP contribution >= 0.6 is 0 Å². The van der Waals surface area contributed by atoms with Crippen molar-refractivity contribution in [1.29, 1.82) is 5.26 Å². The van der Waals surface area contributed by atoms with E-state index in [1.165, 1.54) is 5.56 Å². The molecule has 0 saturated carbocycles. The Labute approximate surface area is 103 Å². The Balaban J connectivity index is 2.70. The molecule has 0 aromatic heterocycles. The van der Waals surface area contributed by atoms with Crippen LogP contribution in [-0.4, -0.2) is 13.7 Å². The molecular weight excluding hydrogens is 212 g/mol. The van der Waals surface area contributed by atoms with Gasteiger partial charge in [0.05, 0.1) is 19.1 Å². The zero-order chi connectivity index (χ0) is 12.7. The third kappa shape index (κ3) is 3.67. The Bertz CT molecular complexity index is 396. The Hall–Kier alpha value is -1.69. The number of ether oxygens (including phenoxy) is 1. The van der Waals surface area contributed by atoms with Crippen molar-refractivity contribution in [2.75, 3.05) is 19.0 Å². The fraction of sp³-hybridized carbons (Fsp3) is 0.500. The summed E-state index contributed by atoms with van der Waals surface area (Å²) in [6.45, 7) is 4.83. The van der Waals surface area contributed by atoms with E-state index >= 15 is 0 Å². The van der Waals surface area contributed by atoms with Gasteiger partial charge in [-0.1, -0.05) is 13.8 Å². The van der Waals surface area contributed by atoms with Crippen LogP contribution in [-0.2, 0) is 6.42 Å². The van der Waals surface area contributed by atoms with E-state index in [9.17, 15) is 0 Å². The molecule has 3 nitrogen and oxygen atoms in total. The lowest BCUT2D eigenvalue weighted by molar-refractivity contribution is 0.410. The first-order valence-electron chi connectivity index (χ1n) is 6.05. The molecule has 0 saturated heterocycles. The van der Waals surface area contributed by atoms with Crippen molar-refractivity contribution >= 4 is 5.69 Å². The third-order valence-electron chi connectivity index (χ3n) is 2.89. The van der Waals surface area contributed by atoms with Crippen LogP contribution < -0.4 is 10.1 Å². The van der Waals surface area contributed by atoms with E-state index in [-0.39, 0.29) is 5.92 Å². The van der Waals surface area contributed by atoms with Crippen LogP contribution in [0.2, 0.25) is 0 Å². The van der Waals surface area contributed by atoms with Crippen LogP contribution in [0.5, 0.6) is 5.75 Å². The highest BCUT2D eigenvalue weighted by molar-refractivity contribution is 5.51. The maximum absolute atomic E-state index is 8.88.